The number of aliphatic carboxylic acids is 2. The average Bonchev–Trinajstić information content (AvgIpc) is 3.06. The number of carbonyl (C=O) groups excluding carboxylic acids is 3. The van der Waals surface area contributed by atoms with Crippen LogP contribution in [0.5, 0.6) is 0 Å². The summed E-state index contributed by atoms with van der Waals surface area (Å²) < 4.78 is 49.8. The van der Waals surface area contributed by atoms with E-state index in [1.807, 2.05) is 0 Å². The van der Waals surface area contributed by atoms with E-state index < -0.39 is 89.5 Å². The van der Waals surface area contributed by atoms with Crippen LogP contribution in [0.15, 0.2) is 21.1 Å². The molecule has 1 aliphatic rings. The van der Waals surface area contributed by atoms with Gasteiger partial charge in [-0.05, 0) is 40.4 Å². The third-order valence-corrected chi connectivity index (χ3v) is 6.52. The summed E-state index contributed by atoms with van der Waals surface area (Å²) in [6.45, 7) is 2.81. The summed E-state index contributed by atoms with van der Waals surface area (Å²) in [4.78, 5) is 60.1. The van der Waals surface area contributed by atoms with Crippen LogP contribution in [0.2, 0.25) is 0 Å². The van der Waals surface area contributed by atoms with Gasteiger partial charge < -0.3 is 30.2 Å². The molecule has 208 valence electrons. The molecule has 0 bridgehead atoms. The fourth-order valence-electron chi connectivity index (χ4n) is 3.67. The van der Waals surface area contributed by atoms with E-state index in [0.717, 1.165) is 12.1 Å². The maximum Gasteiger partial charge on any atom is 0.552 e. The zero-order valence-electron chi connectivity index (χ0n) is 19.9. The molecule has 1 fully saturated rings. The predicted molar refractivity (Wildman–Crippen MR) is 131 cm³/mol. The van der Waals surface area contributed by atoms with Gasteiger partial charge in [0.05, 0.1) is 36.5 Å². The highest BCUT2D eigenvalue weighted by atomic mass is 79.9. The van der Waals surface area contributed by atoms with Crippen LogP contribution in [-0.4, -0.2) is 65.1 Å². The van der Waals surface area contributed by atoms with Gasteiger partial charge in [-0.2, -0.15) is 13.2 Å². The molecular formula is C21H22BBr2F3N2O9. The van der Waals surface area contributed by atoms with Gasteiger partial charge in [0.1, 0.15) is 0 Å². The number of halogens is 5. The van der Waals surface area contributed by atoms with Crippen molar-refractivity contribution in [2.24, 2.45) is 5.92 Å². The highest BCUT2D eigenvalue weighted by Gasteiger charge is 2.57. The molecule has 11 nitrogen and oxygen atoms in total. The number of hydrogen-bond acceptors (Lipinski definition) is 7. The molecule has 0 aliphatic carbocycles. The Bertz CT molecular complexity index is 1120. The Morgan fingerprint density at radius 1 is 1.11 bits per heavy atom. The van der Waals surface area contributed by atoms with E-state index in [-0.39, 0.29) is 16.8 Å². The Morgan fingerprint density at radius 2 is 1.68 bits per heavy atom. The van der Waals surface area contributed by atoms with Crippen LogP contribution >= 0.6 is 31.9 Å². The van der Waals surface area contributed by atoms with Crippen molar-refractivity contribution in [1.29, 1.82) is 0 Å². The van der Waals surface area contributed by atoms with E-state index in [0.29, 0.717) is 0 Å². The Hall–Kier alpha value is -2.66. The zero-order valence-corrected chi connectivity index (χ0v) is 23.0. The molecule has 0 aromatic heterocycles. The van der Waals surface area contributed by atoms with E-state index in [1.54, 1.807) is 13.8 Å². The standard InChI is InChI=1S/C21H22BBr2F3N2O9/c1-9(2)3-13(22-37-19(36)20(38-22,6-15(31)32)7-16(33)34)29-14(30)8-28-18(35)11-4-10(23)5-12(17(11)24)21(25,26)27/h4-5,9,13H,3,6-8H2,1-2H3,(H,28,35)(H,29,30)(H,31,32)(H,33,34)/t13-/m0/s1. The van der Waals surface area contributed by atoms with E-state index in [1.165, 1.54) is 0 Å². The smallest absolute Gasteiger partial charge is 0.506 e. The molecular weight excluding hydrogens is 652 g/mol. The Kier molecular flexibility index (Phi) is 10.4. The number of benzene rings is 1. The second-order valence-corrected chi connectivity index (χ2v) is 10.5. The number of rotatable bonds is 11. The summed E-state index contributed by atoms with van der Waals surface area (Å²) in [5.41, 5.74) is -3.80. The van der Waals surface area contributed by atoms with E-state index in [9.17, 15) is 37.1 Å². The van der Waals surface area contributed by atoms with Gasteiger partial charge >= 0.3 is 31.2 Å². The quantitative estimate of drug-likeness (QED) is 0.258. The minimum atomic E-state index is -4.76. The van der Waals surface area contributed by atoms with Crippen molar-refractivity contribution in [1.82, 2.24) is 10.6 Å². The number of carboxylic acids is 2. The first-order chi connectivity index (χ1) is 17.4. The highest BCUT2D eigenvalue weighted by molar-refractivity contribution is 9.11. The van der Waals surface area contributed by atoms with E-state index in [2.05, 4.69) is 42.5 Å². The van der Waals surface area contributed by atoms with Crippen molar-refractivity contribution in [3.05, 3.63) is 32.2 Å². The third-order valence-electron chi connectivity index (χ3n) is 5.21. The first-order valence-corrected chi connectivity index (χ1v) is 12.5. The molecule has 38 heavy (non-hydrogen) atoms. The third kappa shape index (κ3) is 8.17. The minimum Gasteiger partial charge on any atom is -0.506 e. The maximum atomic E-state index is 13.2. The molecule has 1 aromatic rings. The summed E-state index contributed by atoms with van der Waals surface area (Å²) in [5.74, 6) is -7.26. The number of amides is 2. The molecule has 4 N–H and O–H groups in total. The fraction of sp³-hybridized carbons (Fsp3) is 0.476. The van der Waals surface area contributed by atoms with Gasteiger partial charge in [-0.1, -0.05) is 29.8 Å². The number of carboxylic acid groups (broad SMARTS) is 2. The molecule has 1 atom stereocenters. The van der Waals surface area contributed by atoms with Crippen LogP contribution in [0.25, 0.3) is 0 Å². The first-order valence-electron chi connectivity index (χ1n) is 10.9. The van der Waals surface area contributed by atoms with E-state index >= 15 is 0 Å². The first kappa shape index (κ1) is 31.6. The van der Waals surface area contributed by atoms with Gasteiger partial charge in [0, 0.05) is 8.95 Å². The van der Waals surface area contributed by atoms with Gasteiger partial charge in [-0.3, -0.25) is 24.0 Å². The van der Waals surface area contributed by atoms with Gasteiger partial charge in [-0.15, -0.1) is 0 Å². The predicted octanol–water partition coefficient (Wildman–Crippen LogP) is 2.78. The van der Waals surface area contributed by atoms with Gasteiger partial charge in [0.15, 0.2) is 5.60 Å². The van der Waals surface area contributed by atoms with Crippen molar-refractivity contribution < 1.29 is 56.7 Å². The second-order valence-electron chi connectivity index (χ2n) is 8.83. The van der Waals surface area contributed by atoms with Crippen molar-refractivity contribution in [3.8, 4) is 0 Å². The lowest BCUT2D eigenvalue weighted by atomic mass is 9.74. The molecule has 0 radical (unpaired) electrons. The lowest BCUT2D eigenvalue weighted by Gasteiger charge is -2.24. The monoisotopic (exact) mass is 672 g/mol. The summed E-state index contributed by atoms with van der Waals surface area (Å²) in [6, 6.07) is 1.91. The van der Waals surface area contributed by atoms with Crippen molar-refractivity contribution in [3.63, 3.8) is 0 Å². The van der Waals surface area contributed by atoms with Gasteiger partial charge in [-0.25, -0.2) is 0 Å². The second kappa shape index (κ2) is 12.5. The number of alkyl halides is 3. The molecule has 17 heteroatoms. The van der Waals surface area contributed by atoms with Crippen LogP contribution in [-0.2, 0) is 34.7 Å². The molecule has 1 aromatic carbocycles. The van der Waals surface area contributed by atoms with Crippen molar-refractivity contribution in [2.75, 3.05) is 6.54 Å². The topological polar surface area (TPSA) is 168 Å². The molecule has 2 rings (SSSR count). The Labute approximate surface area is 231 Å². The number of hydrogen-bond donors (Lipinski definition) is 4. The Balaban J connectivity index is 2.16. The number of nitrogens with one attached hydrogen (secondary N) is 2. The van der Waals surface area contributed by atoms with Crippen LogP contribution in [0, 0.1) is 5.92 Å². The van der Waals surface area contributed by atoms with Crippen LogP contribution in [0.1, 0.15) is 49.0 Å². The highest BCUT2D eigenvalue weighted by Crippen LogP contribution is 2.38. The zero-order chi connectivity index (χ0) is 29.0. The maximum absolute atomic E-state index is 13.2. The summed E-state index contributed by atoms with van der Waals surface area (Å²) >= 11 is 5.69. The summed E-state index contributed by atoms with van der Waals surface area (Å²) in [6.07, 6.45) is -6.60. The molecule has 1 heterocycles. The normalized spacial score (nSPS) is 15.7. The SMILES string of the molecule is CC(C)C[C@H](NC(=O)CNC(=O)c1cc(Br)cc(C(F)(F)F)c1Br)B1OC(=O)C(CC(=O)O)(CC(=O)O)O1. The number of carbonyl (C=O) groups is 5. The minimum absolute atomic E-state index is 0.0222. The van der Waals surface area contributed by atoms with Crippen LogP contribution in [0.3, 0.4) is 0 Å². The molecule has 0 unspecified atom stereocenters. The van der Waals surface area contributed by atoms with E-state index in [4.69, 9.17) is 19.5 Å². The molecule has 2 amide bonds. The molecule has 1 saturated heterocycles. The average molecular weight is 674 g/mol. The molecule has 0 saturated carbocycles. The summed E-state index contributed by atoms with van der Waals surface area (Å²) in [7, 11) is -1.53. The van der Waals surface area contributed by atoms with Crippen LogP contribution in [0.4, 0.5) is 13.2 Å². The van der Waals surface area contributed by atoms with Crippen molar-refractivity contribution in [2.45, 2.75) is 50.8 Å². The lowest BCUT2D eigenvalue weighted by molar-refractivity contribution is -0.157. The van der Waals surface area contributed by atoms with Crippen LogP contribution < -0.4 is 10.6 Å². The summed E-state index contributed by atoms with van der Waals surface area (Å²) in [5, 5.41) is 23.0. The van der Waals surface area contributed by atoms with Gasteiger partial charge in [0.25, 0.3) is 5.91 Å². The van der Waals surface area contributed by atoms with Gasteiger partial charge in [0.2, 0.25) is 5.91 Å². The lowest BCUT2D eigenvalue weighted by Crippen LogP contribution is -2.51. The molecule has 0 spiro atoms. The largest absolute Gasteiger partial charge is 0.552 e. The Morgan fingerprint density at radius 3 is 2.18 bits per heavy atom. The fourth-order valence-corrected chi connectivity index (χ4v) is 4.76. The molecule has 1 aliphatic heterocycles. The van der Waals surface area contributed by atoms with Crippen molar-refractivity contribution >= 4 is 68.7 Å².